The standard InChI is InChI=1S/C17H17N3O2S/c1-22-13-8-5-9-14-15(13)19-17(23-14)20-16(21)18-11-10-12-6-3-2-4-7-12/h2-9H,10-11H2,1H3,(H2,18,19,20,21). The van der Waals surface area contributed by atoms with Crippen molar-refractivity contribution in [3.05, 3.63) is 54.1 Å². The first-order valence-corrected chi connectivity index (χ1v) is 8.10. The number of nitrogens with one attached hydrogen (secondary N) is 2. The van der Waals surface area contributed by atoms with Crippen molar-refractivity contribution in [2.24, 2.45) is 0 Å². The molecule has 23 heavy (non-hydrogen) atoms. The van der Waals surface area contributed by atoms with Crippen LogP contribution in [-0.4, -0.2) is 24.7 Å². The van der Waals surface area contributed by atoms with Crippen molar-refractivity contribution in [1.29, 1.82) is 0 Å². The molecule has 118 valence electrons. The number of thiazole rings is 1. The van der Waals surface area contributed by atoms with Crippen LogP contribution in [0.5, 0.6) is 5.75 Å². The Morgan fingerprint density at radius 2 is 2.00 bits per heavy atom. The molecule has 2 N–H and O–H groups in total. The van der Waals surface area contributed by atoms with Crippen LogP contribution >= 0.6 is 11.3 Å². The van der Waals surface area contributed by atoms with Crippen LogP contribution in [0.1, 0.15) is 5.56 Å². The van der Waals surface area contributed by atoms with Crippen molar-refractivity contribution in [2.45, 2.75) is 6.42 Å². The summed E-state index contributed by atoms with van der Waals surface area (Å²) < 4.78 is 6.25. The summed E-state index contributed by atoms with van der Waals surface area (Å²) in [6.07, 6.45) is 0.794. The minimum Gasteiger partial charge on any atom is -0.494 e. The van der Waals surface area contributed by atoms with Gasteiger partial charge in [0, 0.05) is 6.54 Å². The molecule has 0 saturated heterocycles. The van der Waals surface area contributed by atoms with Crippen LogP contribution in [0.15, 0.2) is 48.5 Å². The van der Waals surface area contributed by atoms with Crippen molar-refractivity contribution >= 4 is 32.7 Å². The Morgan fingerprint density at radius 1 is 1.17 bits per heavy atom. The molecule has 2 aromatic carbocycles. The molecule has 3 aromatic rings. The largest absolute Gasteiger partial charge is 0.494 e. The second-order valence-corrected chi connectivity index (χ2v) is 5.97. The Morgan fingerprint density at radius 3 is 2.78 bits per heavy atom. The van der Waals surface area contributed by atoms with E-state index in [4.69, 9.17) is 4.74 Å². The number of carbonyl (C=O) groups is 1. The smallest absolute Gasteiger partial charge is 0.321 e. The normalized spacial score (nSPS) is 10.5. The van der Waals surface area contributed by atoms with Gasteiger partial charge in [0.05, 0.1) is 11.8 Å². The minimum atomic E-state index is -0.251. The topological polar surface area (TPSA) is 63.2 Å². The number of benzene rings is 2. The van der Waals surface area contributed by atoms with Crippen LogP contribution in [0.3, 0.4) is 0 Å². The third-order valence-electron chi connectivity index (χ3n) is 3.36. The van der Waals surface area contributed by atoms with Gasteiger partial charge in [-0.05, 0) is 24.1 Å². The first kappa shape index (κ1) is 15.3. The third kappa shape index (κ3) is 3.78. The van der Waals surface area contributed by atoms with Gasteiger partial charge in [0.25, 0.3) is 0 Å². The average molecular weight is 327 g/mol. The molecule has 0 aliphatic rings. The van der Waals surface area contributed by atoms with Gasteiger partial charge in [-0.1, -0.05) is 47.7 Å². The number of nitrogens with zero attached hydrogens (tertiary/aromatic N) is 1. The third-order valence-corrected chi connectivity index (χ3v) is 4.30. The summed E-state index contributed by atoms with van der Waals surface area (Å²) >= 11 is 1.42. The number of fused-ring (bicyclic) bond motifs is 1. The van der Waals surface area contributed by atoms with E-state index in [2.05, 4.69) is 15.6 Å². The van der Waals surface area contributed by atoms with Crippen LogP contribution in [-0.2, 0) is 6.42 Å². The van der Waals surface area contributed by atoms with Crippen LogP contribution in [0.2, 0.25) is 0 Å². The lowest BCUT2D eigenvalue weighted by Gasteiger charge is -2.05. The fourth-order valence-electron chi connectivity index (χ4n) is 2.25. The Balaban J connectivity index is 1.57. The summed E-state index contributed by atoms with van der Waals surface area (Å²) in [5, 5.41) is 6.17. The highest BCUT2D eigenvalue weighted by atomic mass is 32.1. The number of hydrogen-bond acceptors (Lipinski definition) is 4. The number of aromatic nitrogens is 1. The lowest BCUT2D eigenvalue weighted by Crippen LogP contribution is -2.30. The molecule has 6 heteroatoms. The maximum absolute atomic E-state index is 11.9. The van der Waals surface area contributed by atoms with Crippen molar-refractivity contribution in [3.63, 3.8) is 0 Å². The highest BCUT2D eigenvalue weighted by Crippen LogP contribution is 2.31. The number of methoxy groups -OCH3 is 1. The first-order valence-electron chi connectivity index (χ1n) is 7.28. The molecule has 0 aliphatic carbocycles. The average Bonchev–Trinajstić information content (AvgIpc) is 2.98. The number of hydrogen-bond donors (Lipinski definition) is 2. The van der Waals surface area contributed by atoms with Crippen LogP contribution in [0.4, 0.5) is 9.93 Å². The number of anilines is 1. The minimum absolute atomic E-state index is 0.251. The van der Waals surface area contributed by atoms with Gasteiger partial charge in [0.15, 0.2) is 5.13 Å². The SMILES string of the molecule is COc1cccc2sc(NC(=O)NCCc3ccccc3)nc12. The van der Waals surface area contributed by atoms with E-state index in [1.165, 1.54) is 16.9 Å². The lowest BCUT2D eigenvalue weighted by molar-refractivity contribution is 0.252. The molecular formula is C17H17N3O2S. The van der Waals surface area contributed by atoms with Crippen molar-refractivity contribution in [1.82, 2.24) is 10.3 Å². The van der Waals surface area contributed by atoms with Gasteiger partial charge in [-0.25, -0.2) is 9.78 Å². The molecule has 1 heterocycles. The van der Waals surface area contributed by atoms with Crippen LogP contribution in [0.25, 0.3) is 10.2 Å². The van der Waals surface area contributed by atoms with E-state index in [-0.39, 0.29) is 6.03 Å². The van der Waals surface area contributed by atoms with Gasteiger partial charge < -0.3 is 10.1 Å². The molecule has 1 aromatic heterocycles. The number of para-hydroxylation sites is 1. The lowest BCUT2D eigenvalue weighted by atomic mass is 10.1. The molecule has 2 amide bonds. The summed E-state index contributed by atoms with van der Waals surface area (Å²) in [6, 6.07) is 15.5. The zero-order valence-electron chi connectivity index (χ0n) is 12.7. The molecule has 5 nitrogen and oxygen atoms in total. The molecule has 0 spiro atoms. The zero-order chi connectivity index (χ0) is 16.1. The second-order valence-electron chi connectivity index (χ2n) is 4.94. The van der Waals surface area contributed by atoms with Gasteiger partial charge in [-0.3, -0.25) is 5.32 Å². The summed E-state index contributed by atoms with van der Waals surface area (Å²) in [5.74, 6) is 0.705. The molecule has 0 aliphatic heterocycles. The summed E-state index contributed by atoms with van der Waals surface area (Å²) in [7, 11) is 1.61. The Kier molecular flexibility index (Phi) is 4.73. The Hall–Kier alpha value is -2.60. The molecule has 0 saturated carbocycles. The predicted molar refractivity (Wildman–Crippen MR) is 93.3 cm³/mol. The van der Waals surface area contributed by atoms with Crippen LogP contribution < -0.4 is 15.4 Å². The van der Waals surface area contributed by atoms with Crippen molar-refractivity contribution in [3.8, 4) is 5.75 Å². The van der Waals surface area contributed by atoms with Gasteiger partial charge in [-0.15, -0.1) is 0 Å². The quantitative estimate of drug-likeness (QED) is 0.751. The van der Waals surface area contributed by atoms with Gasteiger partial charge in [0.1, 0.15) is 11.3 Å². The van der Waals surface area contributed by atoms with Crippen molar-refractivity contribution < 1.29 is 9.53 Å². The zero-order valence-corrected chi connectivity index (χ0v) is 13.5. The highest BCUT2D eigenvalue weighted by molar-refractivity contribution is 7.22. The number of rotatable bonds is 5. The molecular weight excluding hydrogens is 310 g/mol. The number of amides is 2. The molecule has 3 rings (SSSR count). The monoisotopic (exact) mass is 327 g/mol. The van der Waals surface area contributed by atoms with E-state index >= 15 is 0 Å². The second kappa shape index (κ2) is 7.11. The van der Waals surface area contributed by atoms with Crippen molar-refractivity contribution in [2.75, 3.05) is 19.0 Å². The van der Waals surface area contributed by atoms with Gasteiger partial charge in [0.2, 0.25) is 0 Å². The Bertz CT molecular complexity index is 802. The maximum Gasteiger partial charge on any atom is 0.321 e. The molecule has 0 fully saturated rings. The summed E-state index contributed by atoms with van der Waals surface area (Å²) in [5.41, 5.74) is 1.96. The van der Waals surface area contributed by atoms with Gasteiger partial charge in [-0.2, -0.15) is 0 Å². The van der Waals surface area contributed by atoms with E-state index in [1.807, 2.05) is 48.5 Å². The summed E-state index contributed by atoms with van der Waals surface area (Å²) in [6.45, 7) is 0.573. The van der Waals surface area contributed by atoms with Crippen LogP contribution in [0, 0.1) is 0 Å². The first-order chi connectivity index (χ1) is 11.3. The number of urea groups is 1. The van der Waals surface area contributed by atoms with Gasteiger partial charge >= 0.3 is 6.03 Å². The maximum atomic E-state index is 11.9. The molecule has 0 bridgehead atoms. The highest BCUT2D eigenvalue weighted by Gasteiger charge is 2.10. The number of carbonyl (C=O) groups excluding carboxylic acids is 1. The molecule has 0 atom stereocenters. The molecule has 0 radical (unpaired) electrons. The number of ether oxygens (including phenoxy) is 1. The fraction of sp³-hybridized carbons (Fsp3) is 0.176. The summed E-state index contributed by atoms with van der Waals surface area (Å²) in [4.78, 5) is 16.4. The fourth-order valence-corrected chi connectivity index (χ4v) is 3.13. The van der Waals surface area contributed by atoms with E-state index in [1.54, 1.807) is 7.11 Å². The predicted octanol–water partition coefficient (Wildman–Crippen LogP) is 3.67. The van der Waals surface area contributed by atoms with E-state index < -0.39 is 0 Å². The Labute approximate surface area is 138 Å². The van der Waals surface area contributed by atoms with E-state index in [0.717, 1.165) is 16.6 Å². The molecule has 0 unspecified atom stereocenters. The van der Waals surface area contributed by atoms with E-state index in [0.29, 0.717) is 17.4 Å². The van der Waals surface area contributed by atoms with E-state index in [9.17, 15) is 4.79 Å².